The van der Waals surface area contributed by atoms with Crippen LogP contribution in [0.5, 0.6) is 0 Å². The van der Waals surface area contributed by atoms with Crippen molar-refractivity contribution in [3.05, 3.63) is 90.7 Å². The molecule has 11 heteroatoms. The number of amides is 1. The van der Waals surface area contributed by atoms with Crippen molar-refractivity contribution in [3.8, 4) is 5.69 Å². The number of carbonyl (C=O) groups excluding carboxylic acids is 1. The molecule has 178 valence electrons. The Morgan fingerprint density at radius 1 is 1.03 bits per heavy atom. The van der Waals surface area contributed by atoms with E-state index in [0.29, 0.717) is 47.6 Å². The number of morpholine rings is 1. The Bertz CT molecular complexity index is 1280. The molecule has 1 fully saturated rings. The number of nitrogens with zero attached hydrogens (tertiary/aromatic N) is 4. The zero-order valence-corrected chi connectivity index (χ0v) is 19.8. The van der Waals surface area contributed by atoms with Gasteiger partial charge in [0.15, 0.2) is 0 Å². The Balaban J connectivity index is 1.67. The molecule has 0 unspecified atom stereocenters. The van der Waals surface area contributed by atoms with Crippen molar-refractivity contribution < 1.29 is 9.53 Å². The Labute approximate surface area is 205 Å². The maximum Gasteiger partial charge on any atom is 0.352 e. The van der Waals surface area contributed by atoms with Crippen LogP contribution in [0.1, 0.15) is 16.1 Å². The first-order valence-electron chi connectivity index (χ1n) is 10.8. The monoisotopic (exact) mass is 503 g/mol. The second kappa shape index (κ2) is 11.0. The van der Waals surface area contributed by atoms with Crippen LogP contribution in [0.25, 0.3) is 5.69 Å². The van der Waals surface area contributed by atoms with Gasteiger partial charge in [-0.1, -0.05) is 35.3 Å². The van der Waals surface area contributed by atoms with E-state index in [4.69, 9.17) is 27.9 Å². The zero-order chi connectivity index (χ0) is 24.1. The van der Waals surface area contributed by atoms with Gasteiger partial charge in [0.1, 0.15) is 0 Å². The van der Waals surface area contributed by atoms with Crippen molar-refractivity contribution in [1.82, 2.24) is 24.6 Å². The summed E-state index contributed by atoms with van der Waals surface area (Å²) in [5.74, 6) is -0.652. The highest BCUT2D eigenvalue weighted by Crippen LogP contribution is 2.13. The van der Waals surface area contributed by atoms with Gasteiger partial charge in [-0.05, 0) is 42.0 Å². The van der Waals surface area contributed by atoms with Crippen LogP contribution in [0.3, 0.4) is 0 Å². The molecule has 1 amide bonds. The van der Waals surface area contributed by atoms with Gasteiger partial charge in [0.25, 0.3) is 11.5 Å². The molecule has 0 radical (unpaired) electrons. The highest BCUT2D eigenvalue weighted by atomic mass is 35.5. The van der Waals surface area contributed by atoms with Gasteiger partial charge in [-0.25, -0.2) is 4.79 Å². The minimum Gasteiger partial charge on any atom is -0.379 e. The molecule has 0 atom stereocenters. The summed E-state index contributed by atoms with van der Waals surface area (Å²) in [6.07, 6.45) is 0. The number of aromatic nitrogens is 3. The number of nitrogens with one attached hydrogen (secondary N) is 1. The lowest BCUT2D eigenvalue weighted by Crippen LogP contribution is -2.47. The van der Waals surface area contributed by atoms with Gasteiger partial charge in [-0.15, -0.1) is 0 Å². The van der Waals surface area contributed by atoms with Gasteiger partial charge in [-0.3, -0.25) is 19.1 Å². The number of rotatable bonds is 7. The SMILES string of the molecule is O=C(NCCN1CCOCC1)c1nn(-c2ccc(Cl)cc2)c(=O)n(Cc2cccc(Cl)c2)c1=O. The summed E-state index contributed by atoms with van der Waals surface area (Å²) >= 11 is 12.0. The van der Waals surface area contributed by atoms with E-state index in [1.807, 2.05) is 0 Å². The molecule has 34 heavy (non-hydrogen) atoms. The van der Waals surface area contributed by atoms with Gasteiger partial charge in [-0.2, -0.15) is 9.78 Å². The maximum absolute atomic E-state index is 13.2. The molecular formula is C23H23Cl2N5O4. The molecule has 0 spiro atoms. The van der Waals surface area contributed by atoms with Gasteiger partial charge in [0.05, 0.1) is 25.4 Å². The third-order valence-electron chi connectivity index (χ3n) is 5.39. The summed E-state index contributed by atoms with van der Waals surface area (Å²) in [4.78, 5) is 41.5. The smallest absolute Gasteiger partial charge is 0.352 e. The van der Waals surface area contributed by atoms with Crippen LogP contribution in [0, 0.1) is 0 Å². The Morgan fingerprint density at radius 3 is 2.47 bits per heavy atom. The fourth-order valence-corrected chi connectivity index (χ4v) is 3.94. The van der Waals surface area contributed by atoms with E-state index in [1.54, 1.807) is 48.5 Å². The van der Waals surface area contributed by atoms with E-state index in [2.05, 4.69) is 15.3 Å². The molecule has 1 aliphatic rings. The van der Waals surface area contributed by atoms with E-state index in [-0.39, 0.29) is 12.2 Å². The van der Waals surface area contributed by atoms with E-state index in [1.165, 1.54) is 0 Å². The Morgan fingerprint density at radius 2 is 1.76 bits per heavy atom. The average molecular weight is 504 g/mol. The van der Waals surface area contributed by atoms with Crippen LogP contribution in [0.2, 0.25) is 10.0 Å². The lowest BCUT2D eigenvalue weighted by Gasteiger charge is -2.26. The fourth-order valence-electron chi connectivity index (χ4n) is 3.60. The minimum absolute atomic E-state index is 0.0671. The Hall–Kier alpha value is -2.98. The van der Waals surface area contributed by atoms with E-state index < -0.39 is 17.2 Å². The zero-order valence-electron chi connectivity index (χ0n) is 18.2. The summed E-state index contributed by atoms with van der Waals surface area (Å²) in [6.45, 7) is 3.73. The Kier molecular flexibility index (Phi) is 7.79. The van der Waals surface area contributed by atoms with E-state index in [0.717, 1.165) is 22.3 Å². The predicted molar refractivity (Wildman–Crippen MR) is 129 cm³/mol. The molecule has 1 N–H and O–H groups in total. The van der Waals surface area contributed by atoms with Crippen LogP contribution in [0.15, 0.2) is 58.1 Å². The predicted octanol–water partition coefficient (Wildman–Crippen LogP) is 1.81. The second-order valence-corrected chi connectivity index (χ2v) is 8.62. The topological polar surface area (TPSA) is 98.5 Å². The first-order valence-corrected chi connectivity index (χ1v) is 11.5. The summed E-state index contributed by atoms with van der Waals surface area (Å²) in [7, 11) is 0. The number of benzene rings is 2. The van der Waals surface area contributed by atoms with Crippen LogP contribution in [-0.2, 0) is 11.3 Å². The summed E-state index contributed by atoms with van der Waals surface area (Å²) in [5, 5.41) is 7.80. The summed E-state index contributed by atoms with van der Waals surface area (Å²) in [5.41, 5.74) is -0.828. The normalized spacial score (nSPS) is 14.2. The number of halogens is 2. The molecule has 1 saturated heterocycles. The molecule has 3 aromatic rings. The number of hydrogen-bond acceptors (Lipinski definition) is 6. The minimum atomic E-state index is -0.779. The van der Waals surface area contributed by atoms with Crippen molar-refractivity contribution in [2.75, 3.05) is 39.4 Å². The van der Waals surface area contributed by atoms with Crippen LogP contribution in [0.4, 0.5) is 0 Å². The third kappa shape index (κ3) is 5.74. The van der Waals surface area contributed by atoms with Crippen molar-refractivity contribution in [2.45, 2.75) is 6.54 Å². The standard InChI is InChI=1S/C23H23Cl2N5O4/c24-17-4-6-19(7-5-17)30-23(33)29(15-16-2-1-3-18(25)14-16)22(32)20(27-30)21(31)26-8-9-28-10-12-34-13-11-28/h1-7,14H,8-13,15H2,(H,26,31). The number of carbonyl (C=O) groups is 1. The van der Waals surface area contributed by atoms with Crippen molar-refractivity contribution in [3.63, 3.8) is 0 Å². The molecule has 2 aromatic carbocycles. The third-order valence-corrected chi connectivity index (χ3v) is 5.88. The van der Waals surface area contributed by atoms with E-state index >= 15 is 0 Å². The van der Waals surface area contributed by atoms with Crippen molar-refractivity contribution >= 4 is 29.1 Å². The molecule has 1 aliphatic heterocycles. The summed E-state index contributed by atoms with van der Waals surface area (Å²) < 4.78 is 7.33. The lowest BCUT2D eigenvalue weighted by molar-refractivity contribution is 0.0383. The van der Waals surface area contributed by atoms with Gasteiger partial charge < -0.3 is 10.1 Å². The second-order valence-electron chi connectivity index (χ2n) is 7.75. The first kappa shape index (κ1) is 24.2. The van der Waals surface area contributed by atoms with Gasteiger partial charge >= 0.3 is 5.69 Å². The van der Waals surface area contributed by atoms with Crippen LogP contribution < -0.4 is 16.6 Å². The molecule has 0 bridgehead atoms. The summed E-state index contributed by atoms with van der Waals surface area (Å²) in [6, 6.07) is 13.2. The largest absolute Gasteiger partial charge is 0.379 e. The number of hydrogen-bond donors (Lipinski definition) is 1. The fraction of sp³-hybridized carbons (Fsp3) is 0.304. The molecular weight excluding hydrogens is 481 g/mol. The number of ether oxygens (including phenoxy) is 1. The van der Waals surface area contributed by atoms with Gasteiger partial charge in [0, 0.05) is 36.2 Å². The van der Waals surface area contributed by atoms with Gasteiger partial charge in [0.2, 0.25) is 5.69 Å². The van der Waals surface area contributed by atoms with Crippen molar-refractivity contribution in [2.24, 2.45) is 0 Å². The molecule has 4 rings (SSSR count). The lowest BCUT2D eigenvalue weighted by atomic mass is 10.2. The molecule has 2 heterocycles. The quantitative estimate of drug-likeness (QED) is 0.527. The molecule has 1 aromatic heterocycles. The van der Waals surface area contributed by atoms with E-state index in [9.17, 15) is 14.4 Å². The average Bonchev–Trinajstić information content (AvgIpc) is 2.83. The van der Waals surface area contributed by atoms with Crippen molar-refractivity contribution in [1.29, 1.82) is 0 Å². The van der Waals surface area contributed by atoms with Crippen LogP contribution >= 0.6 is 23.2 Å². The highest BCUT2D eigenvalue weighted by Gasteiger charge is 2.21. The first-order chi connectivity index (χ1) is 16.4. The maximum atomic E-state index is 13.2. The highest BCUT2D eigenvalue weighted by molar-refractivity contribution is 6.30. The molecule has 0 saturated carbocycles. The van der Waals surface area contributed by atoms with Crippen LogP contribution in [-0.4, -0.2) is 64.5 Å². The molecule has 9 nitrogen and oxygen atoms in total. The molecule has 0 aliphatic carbocycles.